The van der Waals surface area contributed by atoms with Crippen LogP contribution >= 0.6 is 11.3 Å². The summed E-state index contributed by atoms with van der Waals surface area (Å²) in [7, 11) is 0. The number of hydrogen-bond donors (Lipinski definition) is 1. The molecule has 1 aromatic carbocycles. The van der Waals surface area contributed by atoms with Crippen LogP contribution in [0.25, 0.3) is 0 Å². The molecule has 21 heavy (non-hydrogen) atoms. The third-order valence-corrected chi connectivity index (χ3v) is 4.27. The standard InChI is InChI=1S/C15H14FNO3S/c16-10-3-5-11(6-4-10)20-8-13-17-15(9-1-2-9)12(21-13)7-14(18)19/h3-6,9H,1-2,7-8H2,(H,18,19). The van der Waals surface area contributed by atoms with Gasteiger partial charge in [0.25, 0.3) is 0 Å². The minimum atomic E-state index is -0.841. The number of hydrogen-bond acceptors (Lipinski definition) is 4. The number of aromatic nitrogens is 1. The van der Waals surface area contributed by atoms with E-state index in [2.05, 4.69) is 4.98 Å². The summed E-state index contributed by atoms with van der Waals surface area (Å²) in [5, 5.41) is 9.71. The zero-order chi connectivity index (χ0) is 14.8. The molecule has 1 heterocycles. The van der Waals surface area contributed by atoms with E-state index in [1.807, 2.05) is 0 Å². The van der Waals surface area contributed by atoms with Crippen LogP contribution in [0.2, 0.25) is 0 Å². The molecule has 1 fully saturated rings. The van der Waals surface area contributed by atoms with E-state index in [-0.39, 0.29) is 18.8 Å². The summed E-state index contributed by atoms with van der Waals surface area (Å²) < 4.78 is 18.4. The second kappa shape index (κ2) is 5.81. The number of carboxylic acid groups (broad SMARTS) is 1. The molecular weight excluding hydrogens is 293 g/mol. The summed E-state index contributed by atoms with van der Waals surface area (Å²) in [5.41, 5.74) is 0.917. The maximum atomic E-state index is 12.8. The molecule has 1 saturated carbocycles. The molecule has 110 valence electrons. The summed E-state index contributed by atoms with van der Waals surface area (Å²) >= 11 is 1.39. The van der Waals surface area contributed by atoms with Gasteiger partial charge in [-0.25, -0.2) is 9.37 Å². The highest BCUT2D eigenvalue weighted by Gasteiger charge is 2.30. The molecule has 0 aliphatic heterocycles. The lowest BCUT2D eigenvalue weighted by Crippen LogP contribution is -2.00. The van der Waals surface area contributed by atoms with Gasteiger partial charge in [0.05, 0.1) is 12.1 Å². The molecule has 3 rings (SSSR count). The van der Waals surface area contributed by atoms with E-state index in [1.165, 1.54) is 23.5 Å². The van der Waals surface area contributed by atoms with Crippen molar-refractivity contribution in [2.75, 3.05) is 0 Å². The van der Waals surface area contributed by atoms with E-state index < -0.39 is 5.97 Å². The molecule has 1 aliphatic carbocycles. The van der Waals surface area contributed by atoms with Crippen molar-refractivity contribution in [2.24, 2.45) is 0 Å². The van der Waals surface area contributed by atoms with Crippen LogP contribution in [0.4, 0.5) is 4.39 Å². The van der Waals surface area contributed by atoms with Crippen molar-refractivity contribution < 1.29 is 19.0 Å². The fraction of sp³-hybridized carbons (Fsp3) is 0.333. The van der Waals surface area contributed by atoms with E-state index >= 15 is 0 Å². The monoisotopic (exact) mass is 307 g/mol. The van der Waals surface area contributed by atoms with Crippen LogP contribution in [0.15, 0.2) is 24.3 Å². The van der Waals surface area contributed by atoms with E-state index in [1.54, 1.807) is 12.1 Å². The van der Waals surface area contributed by atoms with Crippen molar-refractivity contribution in [2.45, 2.75) is 31.8 Å². The molecule has 0 radical (unpaired) electrons. The van der Waals surface area contributed by atoms with Gasteiger partial charge in [-0.3, -0.25) is 4.79 Å². The van der Waals surface area contributed by atoms with E-state index in [0.717, 1.165) is 28.4 Å². The number of benzene rings is 1. The number of rotatable bonds is 6. The van der Waals surface area contributed by atoms with E-state index in [9.17, 15) is 9.18 Å². The Hall–Kier alpha value is -1.95. The fourth-order valence-electron chi connectivity index (χ4n) is 2.09. The summed E-state index contributed by atoms with van der Waals surface area (Å²) in [6, 6.07) is 5.79. The molecule has 0 spiro atoms. The number of halogens is 1. The molecule has 1 aliphatic rings. The van der Waals surface area contributed by atoms with Crippen molar-refractivity contribution >= 4 is 17.3 Å². The van der Waals surface area contributed by atoms with Crippen LogP contribution in [0.3, 0.4) is 0 Å². The van der Waals surface area contributed by atoms with Gasteiger partial charge in [0.15, 0.2) is 0 Å². The van der Waals surface area contributed by atoms with Gasteiger partial charge in [-0.2, -0.15) is 0 Å². The lowest BCUT2D eigenvalue weighted by atomic mass is 10.2. The summed E-state index contributed by atoms with van der Waals surface area (Å²) in [5.74, 6) is -0.169. The third-order valence-electron chi connectivity index (χ3n) is 3.22. The smallest absolute Gasteiger partial charge is 0.308 e. The molecule has 0 bridgehead atoms. The largest absolute Gasteiger partial charge is 0.486 e. The minimum Gasteiger partial charge on any atom is -0.486 e. The molecule has 6 heteroatoms. The predicted octanol–water partition coefficient (Wildman–Crippen LogP) is 3.37. The third kappa shape index (κ3) is 3.58. The van der Waals surface area contributed by atoms with Crippen LogP contribution in [0.1, 0.15) is 34.3 Å². The highest BCUT2D eigenvalue weighted by molar-refractivity contribution is 7.11. The Morgan fingerprint density at radius 2 is 2.10 bits per heavy atom. The number of thiazole rings is 1. The van der Waals surface area contributed by atoms with Gasteiger partial charge in [0.1, 0.15) is 23.2 Å². The first-order valence-electron chi connectivity index (χ1n) is 6.70. The maximum absolute atomic E-state index is 12.8. The van der Waals surface area contributed by atoms with Gasteiger partial charge < -0.3 is 9.84 Å². The molecule has 0 atom stereocenters. The highest BCUT2D eigenvalue weighted by Crippen LogP contribution is 2.42. The topological polar surface area (TPSA) is 59.4 Å². The summed E-state index contributed by atoms with van der Waals surface area (Å²) in [4.78, 5) is 16.2. The van der Waals surface area contributed by atoms with Gasteiger partial charge >= 0.3 is 5.97 Å². The average Bonchev–Trinajstić information content (AvgIpc) is 3.21. The molecule has 1 aromatic heterocycles. The van der Waals surface area contributed by atoms with Crippen molar-refractivity contribution in [3.63, 3.8) is 0 Å². The normalized spacial score (nSPS) is 14.1. The zero-order valence-electron chi connectivity index (χ0n) is 11.2. The number of aliphatic carboxylic acids is 1. The zero-order valence-corrected chi connectivity index (χ0v) is 12.0. The maximum Gasteiger partial charge on any atom is 0.308 e. The van der Waals surface area contributed by atoms with E-state index in [4.69, 9.17) is 9.84 Å². The lowest BCUT2D eigenvalue weighted by Gasteiger charge is -2.03. The van der Waals surface area contributed by atoms with Crippen molar-refractivity contribution in [3.8, 4) is 5.75 Å². The minimum absolute atomic E-state index is 0.0139. The van der Waals surface area contributed by atoms with Crippen LogP contribution in [0.5, 0.6) is 5.75 Å². The molecule has 4 nitrogen and oxygen atoms in total. The molecule has 1 N–H and O–H groups in total. The Balaban J connectivity index is 1.70. The van der Waals surface area contributed by atoms with Crippen LogP contribution in [-0.4, -0.2) is 16.1 Å². The number of carboxylic acids is 1. The quantitative estimate of drug-likeness (QED) is 0.889. The van der Waals surface area contributed by atoms with Crippen LogP contribution in [0, 0.1) is 5.82 Å². The van der Waals surface area contributed by atoms with Gasteiger partial charge in [-0.1, -0.05) is 0 Å². The number of carbonyl (C=O) groups is 1. The first-order chi connectivity index (χ1) is 10.1. The molecule has 0 unspecified atom stereocenters. The second-order valence-corrected chi connectivity index (χ2v) is 6.17. The van der Waals surface area contributed by atoms with Gasteiger partial charge in [0.2, 0.25) is 0 Å². The Morgan fingerprint density at radius 3 is 2.71 bits per heavy atom. The molecule has 0 amide bonds. The summed E-state index contributed by atoms with van der Waals surface area (Å²) in [6.07, 6.45) is 2.17. The van der Waals surface area contributed by atoms with Gasteiger partial charge in [-0.15, -0.1) is 11.3 Å². The highest BCUT2D eigenvalue weighted by atomic mass is 32.1. The Bertz CT molecular complexity index is 649. The molecular formula is C15H14FNO3S. The van der Waals surface area contributed by atoms with Crippen LogP contribution < -0.4 is 4.74 Å². The first-order valence-corrected chi connectivity index (χ1v) is 7.52. The second-order valence-electron chi connectivity index (χ2n) is 5.00. The van der Waals surface area contributed by atoms with Crippen molar-refractivity contribution in [3.05, 3.63) is 45.7 Å². The van der Waals surface area contributed by atoms with Crippen molar-refractivity contribution in [1.82, 2.24) is 4.98 Å². The van der Waals surface area contributed by atoms with Gasteiger partial charge in [0, 0.05) is 10.8 Å². The summed E-state index contributed by atoms with van der Waals surface area (Å²) in [6.45, 7) is 0.273. The van der Waals surface area contributed by atoms with Crippen molar-refractivity contribution in [1.29, 1.82) is 0 Å². The van der Waals surface area contributed by atoms with E-state index in [0.29, 0.717) is 11.7 Å². The molecule has 0 saturated heterocycles. The van der Waals surface area contributed by atoms with Crippen LogP contribution in [-0.2, 0) is 17.8 Å². The van der Waals surface area contributed by atoms with Gasteiger partial charge in [-0.05, 0) is 37.1 Å². The SMILES string of the molecule is O=C(O)Cc1sc(COc2ccc(F)cc2)nc1C1CC1. The Labute approximate surface area is 125 Å². The average molecular weight is 307 g/mol. The first kappa shape index (κ1) is 14.0. The Morgan fingerprint density at radius 1 is 1.38 bits per heavy atom. The Kier molecular flexibility index (Phi) is 3.88. The number of nitrogens with zero attached hydrogens (tertiary/aromatic N) is 1. The fourth-order valence-corrected chi connectivity index (χ4v) is 3.15. The predicted molar refractivity (Wildman–Crippen MR) is 76.2 cm³/mol. The molecule has 2 aromatic rings. The lowest BCUT2D eigenvalue weighted by molar-refractivity contribution is -0.136. The number of ether oxygens (including phenoxy) is 1.